The first-order valence-corrected chi connectivity index (χ1v) is 7.83. The van der Waals surface area contributed by atoms with Crippen LogP contribution in [0, 0.1) is 0 Å². The Hall–Kier alpha value is -1.72. The maximum atomic E-state index is 10.7. The molecule has 0 fully saturated rings. The quantitative estimate of drug-likeness (QED) is 0.846. The minimum atomic E-state index is -0.857. The summed E-state index contributed by atoms with van der Waals surface area (Å²) in [6, 6.07) is 8.04. The van der Waals surface area contributed by atoms with Gasteiger partial charge in [0.25, 0.3) is 0 Å². The van der Waals surface area contributed by atoms with Crippen LogP contribution in [0.25, 0.3) is 10.6 Å². The van der Waals surface area contributed by atoms with Gasteiger partial charge >= 0.3 is 5.97 Å². The number of aliphatic carboxylic acids is 1. The summed E-state index contributed by atoms with van der Waals surface area (Å²) in [5.74, 6) is -0.857. The van der Waals surface area contributed by atoms with Crippen molar-refractivity contribution in [3.05, 3.63) is 40.9 Å². The number of hydrogen-bond acceptors (Lipinski definition) is 4. The van der Waals surface area contributed by atoms with E-state index in [1.54, 1.807) is 5.38 Å². The summed E-state index contributed by atoms with van der Waals surface area (Å²) in [5, 5.41) is 11.4. The molecule has 0 radical (unpaired) electrons. The van der Waals surface area contributed by atoms with E-state index in [1.165, 1.54) is 11.3 Å². The monoisotopic (exact) mass is 305 g/mol. The first kappa shape index (κ1) is 15.7. The zero-order valence-electron chi connectivity index (χ0n) is 12.2. The van der Waals surface area contributed by atoms with Gasteiger partial charge in [-0.3, -0.25) is 4.79 Å². The van der Waals surface area contributed by atoms with Crippen LogP contribution in [0.4, 0.5) is 0 Å². The molecule has 21 heavy (non-hydrogen) atoms. The SMILES string of the molecule is CCC(C)OCc1ccc(-c2nc(CC(=O)O)cs2)cc1. The van der Waals surface area contributed by atoms with Crippen molar-refractivity contribution in [2.24, 2.45) is 0 Å². The summed E-state index contributed by atoms with van der Waals surface area (Å²) in [7, 11) is 0. The summed E-state index contributed by atoms with van der Waals surface area (Å²) in [6.07, 6.45) is 1.24. The second-order valence-corrected chi connectivity index (χ2v) is 5.80. The zero-order chi connectivity index (χ0) is 15.2. The number of hydrogen-bond donors (Lipinski definition) is 1. The lowest BCUT2D eigenvalue weighted by Crippen LogP contribution is -2.05. The minimum absolute atomic E-state index is 0.0304. The molecule has 4 nitrogen and oxygen atoms in total. The van der Waals surface area contributed by atoms with Crippen molar-refractivity contribution in [3.63, 3.8) is 0 Å². The molecule has 112 valence electrons. The Morgan fingerprint density at radius 2 is 2.10 bits per heavy atom. The van der Waals surface area contributed by atoms with Crippen LogP contribution >= 0.6 is 11.3 Å². The van der Waals surface area contributed by atoms with Crippen molar-refractivity contribution in [1.29, 1.82) is 0 Å². The lowest BCUT2D eigenvalue weighted by atomic mass is 10.1. The lowest BCUT2D eigenvalue weighted by Gasteiger charge is -2.10. The van der Waals surface area contributed by atoms with Gasteiger partial charge in [-0.15, -0.1) is 11.3 Å². The van der Waals surface area contributed by atoms with E-state index in [4.69, 9.17) is 9.84 Å². The number of carbonyl (C=O) groups is 1. The van der Waals surface area contributed by atoms with Gasteiger partial charge in [0.05, 0.1) is 24.8 Å². The number of carboxylic acids is 1. The topological polar surface area (TPSA) is 59.4 Å². The van der Waals surface area contributed by atoms with E-state index in [9.17, 15) is 4.79 Å². The Kier molecular flexibility index (Phi) is 5.47. The zero-order valence-corrected chi connectivity index (χ0v) is 13.0. The van der Waals surface area contributed by atoms with Gasteiger partial charge in [0.1, 0.15) is 5.01 Å². The third-order valence-corrected chi connectivity index (χ3v) is 4.13. The summed E-state index contributed by atoms with van der Waals surface area (Å²) < 4.78 is 5.69. The molecule has 0 aliphatic rings. The molecular weight excluding hydrogens is 286 g/mol. The molecule has 1 N–H and O–H groups in total. The Bertz CT molecular complexity index is 592. The Balaban J connectivity index is 2.01. The van der Waals surface area contributed by atoms with E-state index in [-0.39, 0.29) is 12.5 Å². The molecule has 1 heterocycles. The molecule has 1 aromatic carbocycles. The predicted molar refractivity (Wildman–Crippen MR) is 83.4 cm³/mol. The molecule has 0 aliphatic heterocycles. The molecule has 0 amide bonds. The molecule has 0 aliphatic carbocycles. The van der Waals surface area contributed by atoms with Crippen LogP contribution < -0.4 is 0 Å². The van der Waals surface area contributed by atoms with Crippen molar-refractivity contribution in [3.8, 4) is 10.6 Å². The Morgan fingerprint density at radius 3 is 2.71 bits per heavy atom. The lowest BCUT2D eigenvalue weighted by molar-refractivity contribution is -0.136. The van der Waals surface area contributed by atoms with Gasteiger partial charge in [0, 0.05) is 10.9 Å². The molecule has 2 rings (SSSR count). The summed E-state index contributed by atoms with van der Waals surface area (Å²) in [5.41, 5.74) is 2.73. The van der Waals surface area contributed by atoms with Crippen LogP contribution in [0.2, 0.25) is 0 Å². The van der Waals surface area contributed by atoms with Gasteiger partial charge in [-0.2, -0.15) is 0 Å². The van der Waals surface area contributed by atoms with Gasteiger partial charge < -0.3 is 9.84 Å². The molecule has 0 saturated carbocycles. The van der Waals surface area contributed by atoms with Gasteiger partial charge in [-0.05, 0) is 18.9 Å². The van der Waals surface area contributed by atoms with Crippen LogP contribution in [0.3, 0.4) is 0 Å². The second kappa shape index (κ2) is 7.33. The number of ether oxygens (including phenoxy) is 1. The largest absolute Gasteiger partial charge is 0.481 e. The molecule has 1 aromatic heterocycles. The van der Waals surface area contributed by atoms with E-state index in [0.717, 1.165) is 22.6 Å². The predicted octanol–water partition coefficient (Wildman–Crippen LogP) is 3.75. The number of thiazole rings is 1. The molecule has 0 bridgehead atoms. The molecular formula is C16H19NO3S. The minimum Gasteiger partial charge on any atom is -0.481 e. The third-order valence-electron chi connectivity index (χ3n) is 3.19. The van der Waals surface area contributed by atoms with E-state index in [2.05, 4.69) is 18.8 Å². The fraction of sp³-hybridized carbons (Fsp3) is 0.375. The number of nitrogens with zero attached hydrogens (tertiary/aromatic N) is 1. The van der Waals surface area contributed by atoms with E-state index >= 15 is 0 Å². The van der Waals surface area contributed by atoms with Crippen molar-refractivity contribution < 1.29 is 14.6 Å². The summed E-state index contributed by atoms with van der Waals surface area (Å²) in [6.45, 7) is 4.77. The maximum Gasteiger partial charge on any atom is 0.309 e. The third kappa shape index (κ3) is 4.65. The van der Waals surface area contributed by atoms with Crippen LogP contribution in [0.15, 0.2) is 29.6 Å². The summed E-state index contributed by atoms with van der Waals surface area (Å²) in [4.78, 5) is 15.0. The average molecular weight is 305 g/mol. The van der Waals surface area contributed by atoms with Crippen molar-refractivity contribution in [1.82, 2.24) is 4.98 Å². The highest BCUT2D eigenvalue weighted by Gasteiger charge is 2.08. The smallest absolute Gasteiger partial charge is 0.309 e. The van der Waals surface area contributed by atoms with Crippen LogP contribution in [-0.2, 0) is 22.6 Å². The van der Waals surface area contributed by atoms with Crippen molar-refractivity contribution in [2.45, 2.75) is 39.4 Å². The highest BCUT2D eigenvalue weighted by Crippen LogP contribution is 2.24. The number of aromatic nitrogens is 1. The van der Waals surface area contributed by atoms with Gasteiger partial charge in [0.2, 0.25) is 0 Å². The highest BCUT2D eigenvalue weighted by molar-refractivity contribution is 7.13. The van der Waals surface area contributed by atoms with Crippen molar-refractivity contribution in [2.75, 3.05) is 0 Å². The number of rotatable bonds is 7. The standard InChI is InChI=1S/C16H19NO3S/c1-3-11(2)20-9-12-4-6-13(7-5-12)16-17-14(10-21-16)8-15(18)19/h4-7,10-11H,3,8-9H2,1-2H3,(H,18,19). The fourth-order valence-electron chi connectivity index (χ4n) is 1.78. The Labute approximate surface area is 128 Å². The molecule has 2 aromatic rings. The first-order valence-electron chi connectivity index (χ1n) is 6.95. The van der Waals surface area contributed by atoms with E-state index < -0.39 is 5.97 Å². The van der Waals surface area contributed by atoms with Gasteiger partial charge in [0.15, 0.2) is 0 Å². The Morgan fingerprint density at radius 1 is 1.38 bits per heavy atom. The molecule has 1 unspecified atom stereocenters. The fourth-order valence-corrected chi connectivity index (χ4v) is 2.60. The van der Waals surface area contributed by atoms with Crippen molar-refractivity contribution >= 4 is 17.3 Å². The van der Waals surface area contributed by atoms with Crippen LogP contribution in [-0.4, -0.2) is 22.2 Å². The molecule has 1 atom stereocenters. The average Bonchev–Trinajstić information content (AvgIpc) is 2.93. The number of benzene rings is 1. The van der Waals surface area contributed by atoms with Gasteiger partial charge in [-0.1, -0.05) is 31.2 Å². The first-order chi connectivity index (χ1) is 10.1. The molecule has 5 heteroatoms. The van der Waals surface area contributed by atoms with Crippen LogP contribution in [0.5, 0.6) is 0 Å². The molecule has 0 spiro atoms. The molecule has 0 saturated heterocycles. The number of carboxylic acid groups (broad SMARTS) is 1. The van der Waals surface area contributed by atoms with E-state index in [0.29, 0.717) is 12.3 Å². The van der Waals surface area contributed by atoms with Gasteiger partial charge in [-0.25, -0.2) is 4.98 Å². The summed E-state index contributed by atoms with van der Waals surface area (Å²) >= 11 is 1.47. The maximum absolute atomic E-state index is 10.7. The van der Waals surface area contributed by atoms with E-state index in [1.807, 2.05) is 24.3 Å². The highest BCUT2D eigenvalue weighted by atomic mass is 32.1. The second-order valence-electron chi connectivity index (χ2n) is 4.94. The van der Waals surface area contributed by atoms with Crippen LogP contribution in [0.1, 0.15) is 31.5 Å². The normalized spacial score (nSPS) is 12.3.